The number of rotatable bonds is 4. The minimum absolute atomic E-state index is 0. The molecule has 2 fully saturated rings. The fourth-order valence-corrected chi connectivity index (χ4v) is 5.10. The average molecular weight is 543 g/mol. The summed E-state index contributed by atoms with van der Waals surface area (Å²) in [4.78, 5) is 18.6. The van der Waals surface area contributed by atoms with Crippen LogP contribution >= 0.6 is 24.0 Å². The maximum atomic E-state index is 11.8. The number of methoxy groups -OCH3 is 1. The maximum Gasteiger partial charge on any atom is 0.308 e. The van der Waals surface area contributed by atoms with Gasteiger partial charge in [0.05, 0.1) is 13.0 Å². The topological polar surface area (TPSA) is 72.4 Å². The van der Waals surface area contributed by atoms with E-state index in [-0.39, 0.29) is 41.3 Å². The molecule has 172 valence electrons. The molecule has 3 aliphatic rings. The lowest BCUT2D eigenvalue weighted by molar-refractivity contribution is -0.146. The number of nitrogens with one attached hydrogen (secondary N) is 1. The number of halogens is 1. The number of carbonyl (C=O) groups excluding carboxylic acids is 1. The number of aliphatic imine (C=N–C) groups is 1. The zero-order chi connectivity index (χ0) is 21.0. The Kier molecular flexibility index (Phi) is 8.30. The second-order valence-electron chi connectivity index (χ2n) is 8.59. The molecule has 8 heteroatoms. The van der Waals surface area contributed by atoms with Crippen LogP contribution in [0.5, 0.6) is 11.5 Å². The van der Waals surface area contributed by atoms with Crippen LogP contribution in [-0.4, -0.2) is 57.4 Å². The van der Waals surface area contributed by atoms with Gasteiger partial charge >= 0.3 is 5.97 Å². The van der Waals surface area contributed by atoms with Crippen LogP contribution in [0.3, 0.4) is 0 Å². The largest absolute Gasteiger partial charge is 0.469 e. The molecule has 0 spiro atoms. The summed E-state index contributed by atoms with van der Waals surface area (Å²) in [5.41, 5.74) is 1.39. The van der Waals surface area contributed by atoms with Gasteiger partial charge in [0.1, 0.15) is 0 Å². The van der Waals surface area contributed by atoms with Crippen molar-refractivity contribution in [2.75, 3.05) is 40.6 Å². The summed E-state index contributed by atoms with van der Waals surface area (Å²) in [7, 11) is 3.30. The molecule has 0 atom stereocenters. The van der Waals surface area contributed by atoms with E-state index in [1.165, 1.54) is 31.9 Å². The highest BCUT2D eigenvalue weighted by molar-refractivity contribution is 14.0. The molecular weight excluding hydrogens is 509 g/mol. The summed E-state index contributed by atoms with van der Waals surface area (Å²) in [6.45, 7) is 2.78. The molecule has 0 bridgehead atoms. The third kappa shape index (κ3) is 5.21. The standard InChI is InChI=1S/C23H33N3O4.HI/c1-24-22(26-12-8-17(9-13-26)21(27)28-2)25-15-23(10-4-3-5-11-23)18-6-7-19-20(14-18)30-16-29-19;/h6-7,14,17H,3-5,8-13,15-16H2,1-2H3,(H,24,25);1H. The molecular formula is C23H34IN3O4. The normalized spacial score (nSPS) is 20.7. The summed E-state index contributed by atoms with van der Waals surface area (Å²) in [5, 5.41) is 3.66. The van der Waals surface area contributed by atoms with Crippen LogP contribution in [0.2, 0.25) is 0 Å². The predicted octanol–water partition coefficient (Wildman–Crippen LogP) is 3.70. The molecule has 1 aromatic rings. The van der Waals surface area contributed by atoms with Crippen LogP contribution < -0.4 is 14.8 Å². The van der Waals surface area contributed by atoms with Gasteiger partial charge in [-0.05, 0) is 43.4 Å². The molecule has 1 aromatic carbocycles. The summed E-state index contributed by atoms with van der Waals surface area (Å²) in [6.07, 6.45) is 7.68. The smallest absolute Gasteiger partial charge is 0.308 e. The second-order valence-corrected chi connectivity index (χ2v) is 8.59. The number of likely N-dealkylation sites (tertiary alicyclic amines) is 1. The van der Waals surface area contributed by atoms with Gasteiger partial charge in [-0.2, -0.15) is 0 Å². The molecule has 1 aliphatic carbocycles. The molecule has 2 heterocycles. The summed E-state index contributed by atoms with van der Waals surface area (Å²) in [6, 6.07) is 6.41. The lowest BCUT2D eigenvalue weighted by Gasteiger charge is -2.40. The number of guanidine groups is 1. The summed E-state index contributed by atoms with van der Waals surface area (Å²) in [5.74, 6) is 2.52. The monoisotopic (exact) mass is 543 g/mol. The van der Waals surface area contributed by atoms with Gasteiger partial charge in [0.15, 0.2) is 17.5 Å². The second kappa shape index (κ2) is 10.7. The quantitative estimate of drug-likeness (QED) is 0.271. The Morgan fingerprint density at radius 3 is 2.58 bits per heavy atom. The van der Waals surface area contributed by atoms with Crippen LogP contribution in [0.25, 0.3) is 0 Å². The zero-order valence-corrected chi connectivity index (χ0v) is 20.9. The first-order valence-corrected chi connectivity index (χ1v) is 11.1. The molecule has 1 saturated carbocycles. The van der Waals surface area contributed by atoms with Crippen molar-refractivity contribution < 1.29 is 19.0 Å². The highest BCUT2D eigenvalue weighted by Crippen LogP contribution is 2.43. The molecule has 31 heavy (non-hydrogen) atoms. The fraction of sp³-hybridized carbons (Fsp3) is 0.652. The molecule has 1 saturated heterocycles. The number of ether oxygens (including phenoxy) is 3. The number of hydrogen-bond donors (Lipinski definition) is 1. The van der Waals surface area contributed by atoms with Crippen molar-refractivity contribution in [3.8, 4) is 11.5 Å². The molecule has 0 aromatic heterocycles. The number of carbonyl (C=O) groups is 1. The Bertz CT molecular complexity index is 787. The number of hydrogen-bond acceptors (Lipinski definition) is 5. The summed E-state index contributed by atoms with van der Waals surface area (Å²) < 4.78 is 16.1. The van der Waals surface area contributed by atoms with E-state index >= 15 is 0 Å². The van der Waals surface area contributed by atoms with E-state index in [0.717, 1.165) is 62.8 Å². The number of benzene rings is 1. The molecule has 0 amide bonds. The third-order valence-electron chi connectivity index (χ3n) is 6.92. The first-order valence-electron chi connectivity index (χ1n) is 11.1. The Balaban J connectivity index is 0.00000272. The van der Waals surface area contributed by atoms with Crippen LogP contribution in [-0.2, 0) is 14.9 Å². The van der Waals surface area contributed by atoms with Crippen LogP contribution in [0.15, 0.2) is 23.2 Å². The van der Waals surface area contributed by atoms with Gasteiger partial charge < -0.3 is 24.4 Å². The van der Waals surface area contributed by atoms with E-state index in [0.29, 0.717) is 6.79 Å². The SMILES string of the molecule is CN=C(NCC1(c2ccc3c(c2)OCO3)CCCCC1)N1CCC(C(=O)OC)CC1.I. The number of nitrogens with zero attached hydrogens (tertiary/aromatic N) is 2. The predicted molar refractivity (Wildman–Crippen MR) is 130 cm³/mol. The minimum Gasteiger partial charge on any atom is -0.469 e. The molecule has 1 N–H and O–H groups in total. The average Bonchev–Trinajstić information content (AvgIpc) is 3.28. The molecule has 0 unspecified atom stereocenters. The Hall–Kier alpha value is -1.71. The lowest BCUT2D eigenvalue weighted by atomic mass is 9.69. The van der Waals surface area contributed by atoms with Gasteiger partial charge in [-0.15, -0.1) is 24.0 Å². The van der Waals surface area contributed by atoms with Gasteiger partial charge in [-0.25, -0.2) is 0 Å². The third-order valence-corrected chi connectivity index (χ3v) is 6.92. The minimum atomic E-state index is -0.0958. The summed E-state index contributed by atoms with van der Waals surface area (Å²) >= 11 is 0. The number of esters is 1. The van der Waals surface area contributed by atoms with E-state index < -0.39 is 0 Å². The molecule has 4 rings (SSSR count). The Morgan fingerprint density at radius 1 is 1.19 bits per heavy atom. The first kappa shape index (κ1) is 23.9. The van der Waals surface area contributed by atoms with Crippen molar-refractivity contribution in [3.05, 3.63) is 23.8 Å². The van der Waals surface area contributed by atoms with E-state index in [2.05, 4.69) is 27.3 Å². The maximum absolute atomic E-state index is 11.8. The highest BCUT2D eigenvalue weighted by Gasteiger charge is 2.36. The van der Waals surface area contributed by atoms with Crippen LogP contribution in [0.1, 0.15) is 50.5 Å². The molecule has 0 radical (unpaired) electrons. The number of fused-ring (bicyclic) bond motifs is 1. The van der Waals surface area contributed by atoms with E-state index in [1.54, 1.807) is 0 Å². The van der Waals surface area contributed by atoms with Gasteiger partial charge in [0.25, 0.3) is 0 Å². The number of piperidine rings is 1. The van der Waals surface area contributed by atoms with Crippen molar-refractivity contribution in [2.45, 2.75) is 50.4 Å². The fourth-order valence-electron chi connectivity index (χ4n) is 5.10. The van der Waals surface area contributed by atoms with E-state index in [1.807, 2.05) is 13.1 Å². The van der Waals surface area contributed by atoms with Crippen molar-refractivity contribution in [1.82, 2.24) is 10.2 Å². The highest BCUT2D eigenvalue weighted by atomic mass is 127. The van der Waals surface area contributed by atoms with Gasteiger partial charge in [-0.1, -0.05) is 25.3 Å². The molecule has 2 aliphatic heterocycles. The van der Waals surface area contributed by atoms with Gasteiger partial charge in [0, 0.05) is 32.1 Å². The molecule has 7 nitrogen and oxygen atoms in total. The van der Waals surface area contributed by atoms with Crippen molar-refractivity contribution >= 4 is 35.9 Å². The lowest BCUT2D eigenvalue weighted by Crippen LogP contribution is -2.50. The van der Waals surface area contributed by atoms with Gasteiger partial charge in [-0.3, -0.25) is 9.79 Å². The van der Waals surface area contributed by atoms with E-state index in [9.17, 15) is 4.79 Å². The zero-order valence-electron chi connectivity index (χ0n) is 18.5. The van der Waals surface area contributed by atoms with Crippen LogP contribution in [0, 0.1) is 5.92 Å². The van der Waals surface area contributed by atoms with Crippen molar-refractivity contribution in [1.29, 1.82) is 0 Å². The van der Waals surface area contributed by atoms with Crippen LogP contribution in [0.4, 0.5) is 0 Å². The Morgan fingerprint density at radius 2 is 1.90 bits per heavy atom. The van der Waals surface area contributed by atoms with Crippen molar-refractivity contribution in [3.63, 3.8) is 0 Å². The van der Waals surface area contributed by atoms with Gasteiger partial charge in [0.2, 0.25) is 6.79 Å². The first-order chi connectivity index (χ1) is 14.6. The van der Waals surface area contributed by atoms with E-state index in [4.69, 9.17) is 14.2 Å². The van der Waals surface area contributed by atoms with Crippen molar-refractivity contribution in [2.24, 2.45) is 10.9 Å². The Labute approximate surface area is 201 Å².